The van der Waals surface area contributed by atoms with Crippen molar-refractivity contribution in [3.8, 4) is 0 Å². The van der Waals surface area contributed by atoms with Crippen LogP contribution in [0.5, 0.6) is 0 Å². The van der Waals surface area contributed by atoms with Crippen molar-refractivity contribution >= 4 is 0 Å². The lowest BCUT2D eigenvalue weighted by Gasteiger charge is -2.09. The van der Waals surface area contributed by atoms with E-state index in [0.717, 1.165) is 17.5 Å². The Balaban J connectivity index is 2.29. The topological polar surface area (TPSA) is 33.4 Å². The molecule has 2 rings (SSSR count). The Hall–Kier alpha value is -1.54. The fourth-order valence-electron chi connectivity index (χ4n) is 1.61. The Morgan fingerprint density at radius 2 is 2.13 bits per heavy atom. The maximum Gasteiger partial charge on any atom is 0.107 e. The fourth-order valence-corrected chi connectivity index (χ4v) is 1.61. The molecule has 0 bridgehead atoms. The predicted octanol–water partition coefficient (Wildman–Crippen LogP) is 2.92. The normalized spacial score (nSPS) is 12.7. The number of aliphatic hydroxyl groups excluding tert-OH is 1. The summed E-state index contributed by atoms with van der Waals surface area (Å²) >= 11 is 0. The minimum absolute atomic E-state index is 0.588. The molecule has 0 saturated heterocycles. The molecule has 0 fully saturated rings. The molecule has 1 heterocycles. The van der Waals surface area contributed by atoms with Gasteiger partial charge in [0.2, 0.25) is 0 Å². The molecule has 0 aliphatic rings. The summed E-state index contributed by atoms with van der Waals surface area (Å²) in [6, 6.07) is 9.76. The van der Waals surface area contributed by atoms with Crippen LogP contribution >= 0.6 is 0 Å². The van der Waals surface area contributed by atoms with Gasteiger partial charge in [-0.3, -0.25) is 0 Å². The molecule has 15 heavy (non-hydrogen) atoms. The summed E-state index contributed by atoms with van der Waals surface area (Å²) in [6.07, 6.45) is 3.53. The van der Waals surface area contributed by atoms with Gasteiger partial charge in [-0.05, 0) is 23.6 Å². The molecule has 0 amide bonds. The van der Waals surface area contributed by atoms with E-state index in [9.17, 15) is 5.11 Å². The Labute approximate surface area is 89.2 Å². The van der Waals surface area contributed by atoms with Gasteiger partial charge >= 0.3 is 0 Å². The van der Waals surface area contributed by atoms with Crippen molar-refractivity contribution in [2.45, 2.75) is 19.4 Å². The summed E-state index contributed by atoms with van der Waals surface area (Å²) < 4.78 is 4.95. The van der Waals surface area contributed by atoms with Gasteiger partial charge in [0.1, 0.15) is 6.10 Å². The molecule has 1 unspecified atom stereocenters. The molecule has 2 aromatic rings. The zero-order valence-electron chi connectivity index (χ0n) is 8.68. The molecule has 1 aromatic carbocycles. The van der Waals surface area contributed by atoms with Gasteiger partial charge in [-0.25, -0.2) is 0 Å². The van der Waals surface area contributed by atoms with Gasteiger partial charge in [-0.1, -0.05) is 31.2 Å². The van der Waals surface area contributed by atoms with Gasteiger partial charge in [0.25, 0.3) is 0 Å². The van der Waals surface area contributed by atoms with Crippen LogP contribution in [0.3, 0.4) is 0 Å². The SMILES string of the molecule is CCc1cccc(C(O)c2ccoc2)c1. The number of aliphatic hydroxyl groups is 1. The number of hydrogen-bond donors (Lipinski definition) is 1. The van der Waals surface area contributed by atoms with Gasteiger partial charge in [0, 0.05) is 5.56 Å². The van der Waals surface area contributed by atoms with Crippen LogP contribution in [0.1, 0.15) is 29.7 Å². The maximum atomic E-state index is 10.0. The van der Waals surface area contributed by atoms with Crippen LogP contribution in [0.2, 0.25) is 0 Å². The van der Waals surface area contributed by atoms with Crippen LogP contribution in [0.4, 0.5) is 0 Å². The Kier molecular flexibility index (Phi) is 2.88. The highest BCUT2D eigenvalue weighted by atomic mass is 16.3. The first-order valence-corrected chi connectivity index (χ1v) is 5.10. The lowest BCUT2D eigenvalue weighted by atomic mass is 10.0. The summed E-state index contributed by atoms with van der Waals surface area (Å²) in [5.74, 6) is 0. The van der Waals surface area contributed by atoms with Crippen molar-refractivity contribution in [3.05, 3.63) is 59.5 Å². The van der Waals surface area contributed by atoms with Gasteiger partial charge in [-0.15, -0.1) is 0 Å². The molecule has 0 aliphatic carbocycles. The van der Waals surface area contributed by atoms with E-state index in [1.165, 1.54) is 5.56 Å². The van der Waals surface area contributed by atoms with Crippen molar-refractivity contribution in [3.63, 3.8) is 0 Å². The molecular formula is C13H14O2. The van der Waals surface area contributed by atoms with Crippen molar-refractivity contribution in [1.29, 1.82) is 0 Å². The maximum absolute atomic E-state index is 10.0. The van der Waals surface area contributed by atoms with E-state index in [4.69, 9.17) is 4.42 Å². The Morgan fingerprint density at radius 1 is 1.27 bits per heavy atom. The highest BCUT2D eigenvalue weighted by Gasteiger charge is 2.11. The lowest BCUT2D eigenvalue weighted by molar-refractivity contribution is 0.219. The van der Waals surface area contributed by atoms with E-state index in [0.29, 0.717) is 0 Å². The monoisotopic (exact) mass is 202 g/mol. The quantitative estimate of drug-likeness (QED) is 0.830. The first-order chi connectivity index (χ1) is 7.31. The molecule has 2 nitrogen and oxygen atoms in total. The summed E-state index contributed by atoms with van der Waals surface area (Å²) in [7, 11) is 0. The minimum atomic E-state index is -0.588. The minimum Gasteiger partial charge on any atom is -0.472 e. The highest BCUT2D eigenvalue weighted by Crippen LogP contribution is 2.22. The largest absolute Gasteiger partial charge is 0.472 e. The molecule has 0 radical (unpaired) electrons. The standard InChI is InChI=1S/C13H14O2/c1-2-10-4-3-5-11(8-10)13(14)12-6-7-15-9-12/h3-9,13-14H,2H2,1H3. The van der Waals surface area contributed by atoms with Gasteiger partial charge in [0.05, 0.1) is 12.5 Å². The summed E-state index contributed by atoms with van der Waals surface area (Å²) in [6.45, 7) is 2.10. The average Bonchev–Trinajstić information content (AvgIpc) is 2.81. The highest BCUT2D eigenvalue weighted by molar-refractivity contribution is 5.30. The number of benzene rings is 1. The van der Waals surface area contributed by atoms with Crippen molar-refractivity contribution < 1.29 is 9.52 Å². The van der Waals surface area contributed by atoms with E-state index in [-0.39, 0.29) is 0 Å². The zero-order chi connectivity index (χ0) is 10.7. The van der Waals surface area contributed by atoms with Gasteiger partial charge < -0.3 is 9.52 Å². The molecule has 1 aromatic heterocycles. The van der Waals surface area contributed by atoms with Crippen molar-refractivity contribution in [1.82, 2.24) is 0 Å². The molecule has 78 valence electrons. The molecule has 0 spiro atoms. The van der Waals surface area contributed by atoms with Gasteiger partial charge in [-0.2, -0.15) is 0 Å². The number of furan rings is 1. The van der Waals surface area contributed by atoms with E-state index >= 15 is 0 Å². The van der Waals surface area contributed by atoms with Crippen molar-refractivity contribution in [2.75, 3.05) is 0 Å². The summed E-state index contributed by atoms with van der Waals surface area (Å²) in [5, 5.41) is 10.0. The van der Waals surface area contributed by atoms with E-state index in [2.05, 4.69) is 13.0 Å². The van der Waals surface area contributed by atoms with Crippen LogP contribution in [-0.2, 0) is 6.42 Å². The third-order valence-corrected chi connectivity index (χ3v) is 2.53. The van der Waals surface area contributed by atoms with E-state index < -0.39 is 6.10 Å². The third kappa shape index (κ3) is 2.10. The molecule has 1 N–H and O–H groups in total. The Morgan fingerprint density at radius 3 is 2.80 bits per heavy atom. The van der Waals surface area contributed by atoms with Gasteiger partial charge in [0.15, 0.2) is 0 Å². The molecule has 2 heteroatoms. The number of hydrogen-bond acceptors (Lipinski definition) is 2. The first kappa shape index (κ1) is 9.99. The zero-order valence-corrected chi connectivity index (χ0v) is 8.68. The Bertz CT molecular complexity index is 418. The van der Waals surface area contributed by atoms with Crippen LogP contribution in [0, 0.1) is 0 Å². The second-order valence-corrected chi connectivity index (χ2v) is 3.56. The average molecular weight is 202 g/mol. The predicted molar refractivity (Wildman–Crippen MR) is 58.6 cm³/mol. The summed E-state index contributed by atoms with van der Waals surface area (Å²) in [5.41, 5.74) is 2.94. The van der Waals surface area contributed by atoms with Crippen LogP contribution < -0.4 is 0 Å². The van der Waals surface area contributed by atoms with E-state index in [1.54, 1.807) is 18.6 Å². The smallest absolute Gasteiger partial charge is 0.107 e. The molecule has 0 saturated carbocycles. The number of rotatable bonds is 3. The lowest BCUT2D eigenvalue weighted by Crippen LogP contribution is -1.98. The summed E-state index contributed by atoms with van der Waals surface area (Å²) in [4.78, 5) is 0. The second kappa shape index (κ2) is 4.32. The first-order valence-electron chi connectivity index (χ1n) is 5.10. The van der Waals surface area contributed by atoms with Crippen LogP contribution in [0.25, 0.3) is 0 Å². The third-order valence-electron chi connectivity index (χ3n) is 2.53. The molecular weight excluding hydrogens is 188 g/mol. The van der Waals surface area contributed by atoms with Crippen LogP contribution in [-0.4, -0.2) is 5.11 Å². The van der Waals surface area contributed by atoms with Crippen molar-refractivity contribution in [2.24, 2.45) is 0 Å². The van der Waals surface area contributed by atoms with E-state index in [1.807, 2.05) is 18.2 Å². The second-order valence-electron chi connectivity index (χ2n) is 3.56. The fraction of sp³-hybridized carbons (Fsp3) is 0.231. The molecule has 1 atom stereocenters. The van der Waals surface area contributed by atoms with Crippen LogP contribution in [0.15, 0.2) is 47.3 Å². The number of aryl methyl sites for hydroxylation is 1. The molecule has 0 aliphatic heterocycles.